The molecule has 8 N–H and O–H groups in total. The van der Waals surface area contributed by atoms with Crippen molar-refractivity contribution in [2.24, 2.45) is 59.2 Å². The number of aromatic nitrogens is 10. The van der Waals surface area contributed by atoms with Gasteiger partial charge in [-0.05, 0) is 299 Å². The maximum absolute atomic E-state index is 12.6. The molecule has 19 rings (SSSR count). The average molecular weight is 1800 g/mol. The fraction of sp³-hybridized carbons (Fsp3) is 0.495. The zero-order chi connectivity index (χ0) is 95.6. The first-order valence-electron chi connectivity index (χ1n) is 47.3. The van der Waals surface area contributed by atoms with E-state index in [1.807, 2.05) is 241 Å². The number of para-hydroxylation sites is 13. The van der Waals surface area contributed by atoms with E-state index in [4.69, 9.17) is 41.3 Å². The Labute approximate surface area is 776 Å². The van der Waals surface area contributed by atoms with Crippen LogP contribution in [0, 0.1) is 59.2 Å². The number of imidazole rings is 5. The zero-order valence-corrected chi connectivity index (χ0v) is 80.8. The zero-order valence-electron chi connectivity index (χ0n) is 80.8. The Morgan fingerprint density at radius 2 is 0.561 bits per heavy atom. The molecule has 7 aliphatic rings. The highest BCUT2D eigenvalue weighted by molar-refractivity contribution is 5.92. The Kier molecular flexibility index (Phi) is 31.7. The van der Waals surface area contributed by atoms with Crippen molar-refractivity contribution in [2.45, 2.75) is 280 Å². The summed E-state index contributed by atoms with van der Waals surface area (Å²) in [6.07, 6.45) is 14.4. The lowest BCUT2D eigenvalue weighted by molar-refractivity contribution is -0.146. The van der Waals surface area contributed by atoms with Gasteiger partial charge in [0.25, 0.3) is 0 Å². The second-order valence-electron chi connectivity index (χ2n) is 42.2. The molecule has 704 valence electrons. The van der Waals surface area contributed by atoms with Gasteiger partial charge >= 0.3 is 30.3 Å². The van der Waals surface area contributed by atoms with Crippen LogP contribution in [0.25, 0.3) is 55.2 Å². The molecule has 0 bridgehead atoms. The van der Waals surface area contributed by atoms with Gasteiger partial charge in [-0.2, -0.15) is 0 Å². The molecule has 7 saturated carbocycles. The van der Waals surface area contributed by atoms with E-state index in [9.17, 15) is 33.6 Å². The molecule has 25 heteroatoms. The van der Waals surface area contributed by atoms with E-state index < -0.39 is 28.4 Å². The Morgan fingerprint density at radius 1 is 0.318 bits per heavy atom. The van der Waals surface area contributed by atoms with Crippen LogP contribution in [0.2, 0.25) is 0 Å². The van der Waals surface area contributed by atoms with Crippen molar-refractivity contribution in [3.05, 3.63) is 205 Å². The maximum Gasteiger partial charge on any atom is 0.420 e. The molecule has 0 saturated heterocycles. The topological polar surface area (TPSA) is 355 Å². The minimum atomic E-state index is -0.622. The van der Waals surface area contributed by atoms with Crippen LogP contribution in [0.5, 0.6) is 0 Å². The van der Waals surface area contributed by atoms with Gasteiger partial charge in [-0.1, -0.05) is 139 Å². The van der Waals surface area contributed by atoms with Crippen molar-refractivity contribution in [3.63, 3.8) is 0 Å². The Hall–Kier alpha value is -12.0. The van der Waals surface area contributed by atoms with Gasteiger partial charge in [-0.25, -0.2) is 62.4 Å². The highest BCUT2D eigenvalue weighted by Gasteiger charge is 2.40. The molecule has 0 spiro atoms. The number of nitrogens with zero attached hydrogens (tertiary/aromatic N) is 9. The SMILES string of the molecule is CC1CC(C(=O)Cc2ccccc2N)C1.CC1CC(C(=O)Cc2nc3ccccc3[nH]2)C1.CC1CC(C(=O)O)C1.CC1CC(c2nc3ccccc3n2C(=O)OC(C)(C)C)C1.CC1CC(c2nc3ccccc3n2C(=O)OC(C)(C)C)C1.CC1CC(c2nc3ccccc3n2C(=O)OC(C)(C)C)C1.CC1CC(c2nc3ccccc3n2C(=O)OC(C)(C)C)C1.Nc1ccccc1N. The highest BCUT2D eigenvalue weighted by Crippen LogP contribution is 2.47. The lowest BCUT2D eigenvalue weighted by Gasteiger charge is -2.32. The van der Waals surface area contributed by atoms with Crippen molar-refractivity contribution in [1.82, 2.24) is 48.2 Å². The number of carbonyl (C=O) groups is 7. The van der Waals surface area contributed by atoms with Crippen LogP contribution in [0.1, 0.15) is 280 Å². The van der Waals surface area contributed by atoms with E-state index >= 15 is 0 Å². The second kappa shape index (κ2) is 42.3. The molecule has 5 aromatic heterocycles. The minimum Gasteiger partial charge on any atom is -0.481 e. The number of hydrogen-bond acceptors (Lipinski definition) is 19. The number of carboxylic acids is 1. The Bertz CT molecular complexity index is 5470. The molecule has 7 aliphatic carbocycles. The summed E-state index contributed by atoms with van der Waals surface area (Å²) in [5.74, 6) is 11.2. The minimum absolute atomic E-state index is 0.0231. The first kappa shape index (κ1) is 99.0. The molecule has 12 aromatic rings. The van der Waals surface area contributed by atoms with Crippen LogP contribution < -0.4 is 17.2 Å². The number of aromatic amines is 1. The van der Waals surface area contributed by atoms with Crippen molar-refractivity contribution < 1.29 is 57.6 Å². The number of anilines is 3. The predicted octanol–water partition coefficient (Wildman–Crippen LogP) is 24.4. The van der Waals surface area contributed by atoms with Gasteiger partial charge in [0.2, 0.25) is 0 Å². The van der Waals surface area contributed by atoms with Gasteiger partial charge < -0.3 is 46.2 Å². The summed E-state index contributed by atoms with van der Waals surface area (Å²) in [6.45, 7) is 38.0. The molecule has 132 heavy (non-hydrogen) atoms. The highest BCUT2D eigenvalue weighted by atomic mass is 16.6. The molecule has 25 nitrogen and oxygen atoms in total. The van der Waals surface area contributed by atoms with Crippen LogP contribution in [-0.4, -0.2) is 118 Å². The number of carbonyl (C=O) groups excluding carboxylic acids is 6. The number of rotatable bonds is 11. The number of carboxylic acid groups (broad SMARTS) is 1. The summed E-state index contributed by atoms with van der Waals surface area (Å²) in [5.41, 5.74) is 26.3. The van der Waals surface area contributed by atoms with Gasteiger partial charge in [0.15, 0.2) is 0 Å². The number of fused-ring (bicyclic) bond motifs is 5. The summed E-state index contributed by atoms with van der Waals surface area (Å²) in [6, 6.07) is 53.8. The van der Waals surface area contributed by atoms with E-state index in [2.05, 4.69) is 78.4 Å². The number of Topliss-reactive ketones (excluding diaryl/α,β-unsaturated/α-hetero) is 2. The summed E-state index contributed by atoms with van der Waals surface area (Å²) >= 11 is 0. The maximum atomic E-state index is 12.6. The third kappa shape index (κ3) is 26.0. The number of benzene rings is 7. The quantitative estimate of drug-likeness (QED) is 0.0593. The number of ether oxygens (including phenoxy) is 4. The van der Waals surface area contributed by atoms with Gasteiger partial charge in [0, 0.05) is 47.6 Å². The largest absolute Gasteiger partial charge is 0.481 e. The number of nitrogens with two attached hydrogens (primary N) is 3. The third-order valence-corrected chi connectivity index (χ3v) is 25.2. The smallest absolute Gasteiger partial charge is 0.420 e. The van der Waals surface area contributed by atoms with Crippen molar-refractivity contribution in [3.8, 4) is 0 Å². The molecule has 0 aliphatic heterocycles. The fourth-order valence-corrected chi connectivity index (χ4v) is 18.1. The van der Waals surface area contributed by atoms with Crippen molar-refractivity contribution in [2.75, 3.05) is 17.2 Å². The van der Waals surface area contributed by atoms with Crippen molar-refractivity contribution in [1.29, 1.82) is 0 Å². The molecule has 0 atom stereocenters. The normalized spacial score (nSPS) is 22.6. The van der Waals surface area contributed by atoms with E-state index in [-0.39, 0.29) is 36.2 Å². The Morgan fingerprint density at radius 3 is 0.811 bits per heavy atom. The molecule has 7 aromatic carbocycles. The Balaban J connectivity index is 0.000000139. The molecule has 0 amide bonds. The van der Waals surface area contributed by atoms with Crippen LogP contribution in [0.3, 0.4) is 0 Å². The van der Waals surface area contributed by atoms with Gasteiger partial charge in [0.05, 0.1) is 78.9 Å². The summed E-state index contributed by atoms with van der Waals surface area (Å²) in [7, 11) is 0. The number of hydrogen-bond donors (Lipinski definition) is 5. The average Bonchev–Trinajstić information content (AvgIpc) is 1.62. The molecule has 7 fully saturated rings. The van der Waals surface area contributed by atoms with Crippen LogP contribution in [-0.2, 0) is 46.2 Å². The van der Waals surface area contributed by atoms with Crippen molar-refractivity contribution >= 4 is 114 Å². The standard InChI is InChI=1S/4C17H22N2O2.C14H16N2O.C13H17NO.C6H8N2.C6H10O2/c4*1-11-9-12(10-11)15-18-13-7-5-6-8-14(13)19(15)16(20)21-17(2,3)4;1-9-6-10(7-9)13(17)8-14-15-11-4-2-3-5-12(11)16-14;1-9-6-11(7-9)13(15)8-10-4-2-3-5-12(10)14;7-5-3-1-2-4-6(5)8;1-4-2-5(3-4)6(7)8/h4*5-8,11-12H,9-10H2,1-4H3;2-5,9-10H,6-8H2,1H3,(H,15,16);2-5,9,11H,6-8,14H2,1H3;1-4H,7-8H2;4-5H,2-3H2,1H3,(H,7,8). The van der Waals surface area contributed by atoms with Crippen LogP contribution >= 0.6 is 0 Å². The van der Waals surface area contributed by atoms with Gasteiger partial charge in [-0.15, -0.1) is 0 Å². The van der Waals surface area contributed by atoms with E-state index in [1.165, 1.54) is 0 Å². The second-order valence-corrected chi connectivity index (χ2v) is 42.2. The van der Waals surface area contributed by atoms with Gasteiger partial charge in [-0.3, -0.25) is 14.4 Å². The fourth-order valence-electron chi connectivity index (χ4n) is 18.1. The molecule has 0 radical (unpaired) electrons. The monoisotopic (exact) mass is 1800 g/mol. The van der Waals surface area contributed by atoms with E-state index in [0.29, 0.717) is 95.0 Å². The first-order valence-corrected chi connectivity index (χ1v) is 47.3. The lowest BCUT2D eigenvalue weighted by Crippen LogP contribution is -2.30. The lowest BCUT2D eigenvalue weighted by atomic mass is 9.73. The first-order chi connectivity index (χ1) is 62.3. The third-order valence-electron chi connectivity index (χ3n) is 25.2. The number of ketones is 2. The number of aliphatic carboxylic acids is 1. The summed E-state index contributed by atoms with van der Waals surface area (Å²) < 4.78 is 28.9. The summed E-state index contributed by atoms with van der Waals surface area (Å²) in [4.78, 5) is 111. The number of H-pyrrole nitrogens is 1. The number of nitrogens with one attached hydrogen (secondary N) is 1. The van der Waals surface area contributed by atoms with Gasteiger partial charge in [0.1, 0.15) is 63.1 Å². The molecule has 5 heterocycles. The summed E-state index contributed by atoms with van der Waals surface area (Å²) in [5, 5.41) is 8.35. The molecular weight excluding hydrogens is 1660 g/mol. The van der Waals surface area contributed by atoms with Crippen LogP contribution in [0.15, 0.2) is 170 Å². The molecule has 0 unspecified atom stereocenters. The molecular formula is C107H139N13O12. The van der Waals surface area contributed by atoms with Crippen LogP contribution in [0.4, 0.5) is 36.2 Å². The van der Waals surface area contributed by atoms with E-state index in [0.717, 1.165) is 197 Å². The number of nitrogen functional groups attached to an aromatic ring is 3. The predicted molar refractivity (Wildman–Crippen MR) is 523 cm³/mol. The van der Waals surface area contributed by atoms with E-state index in [1.54, 1.807) is 30.4 Å².